The molecule has 1 nitrogen and oxygen atoms in total. The third-order valence-corrected chi connectivity index (χ3v) is 2.84. The van der Waals surface area contributed by atoms with Crippen LogP contribution in [0.25, 0.3) is 0 Å². The van der Waals surface area contributed by atoms with E-state index in [1.54, 1.807) is 0 Å². The average Bonchev–Trinajstić information content (AvgIpc) is 2.44. The Morgan fingerprint density at radius 3 is 2.80 bits per heavy atom. The number of hydrogen-bond acceptors (Lipinski definition) is 1. The standard InChI is InChI=1S/C13H15NS/c15-13-9-5-4-8-12(14-13)10-11-6-2-1-3-7-11/h1-3,6-8H,4-5,9-10H2,(H,14,15). The van der Waals surface area contributed by atoms with E-state index in [0.29, 0.717) is 0 Å². The lowest BCUT2D eigenvalue weighted by Crippen LogP contribution is -2.20. The molecular formula is C13H15NS. The van der Waals surface area contributed by atoms with Crippen molar-refractivity contribution in [1.82, 2.24) is 5.32 Å². The summed E-state index contributed by atoms with van der Waals surface area (Å²) in [6.45, 7) is 0. The van der Waals surface area contributed by atoms with E-state index in [1.807, 2.05) is 6.07 Å². The number of rotatable bonds is 2. The molecule has 0 spiro atoms. The van der Waals surface area contributed by atoms with Crippen LogP contribution in [0.1, 0.15) is 24.8 Å². The highest BCUT2D eigenvalue weighted by atomic mass is 32.1. The van der Waals surface area contributed by atoms with Crippen molar-refractivity contribution in [1.29, 1.82) is 0 Å². The summed E-state index contributed by atoms with van der Waals surface area (Å²) in [5.41, 5.74) is 2.59. The van der Waals surface area contributed by atoms with Gasteiger partial charge in [-0.25, -0.2) is 0 Å². The van der Waals surface area contributed by atoms with E-state index < -0.39 is 0 Å². The van der Waals surface area contributed by atoms with E-state index in [4.69, 9.17) is 12.2 Å². The van der Waals surface area contributed by atoms with Crippen LogP contribution >= 0.6 is 12.2 Å². The fourth-order valence-corrected chi connectivity index (χ4v) is 2.04. The Hall–Kier alpha value is -1.15. The monoisotopic (exact) mass is 217 g/mol. The molecule has 0 aromatic heterocycles. The maximum atomic E-state index is 5.23. The van der Waals surface area contributed by atoms with Crippen LogP contribution in [-0.2, 0) is 6.42 Å². The molecule has 0 aliphatic carbocycles. The molecule has 78 valence electrons. The molecule has 1 aliphatic heterocycles. The molecule has 0 fully saturated rings. The van der Waals surface area contributed by atoms with Gasteiger partial charge in [0, 0.05) is 12.1 Å². The van der Waals surface area contributed by atoms with Crippen molar-refractivity contribution < 1.29 is 0 Å². The first kappa shape index (κ1) is 10.4. The number of benzene rings is 1. The smallest absolute Gasteiger partial charge is 0.0794 e. The van der Waals surface area contributed by atoms with E-state index in [2.05, 4.69) is 35.7 Å². The Kier molecular flexibility index (Phi) is 3.51. The zero-order valence-electron chi connectivity index (χ0n) is 8.70. The fraction of sp³-hybridized carbons (Fsp3) is 0.308. The van der Waals surface area contributed by atoms with E-state index in [9.17, 15) is 0 Å². The summed E-state index contributed by atoms with van der Waals surface area (Å²) in [4.78, 5) is 0.981. The summed E-state index contributed by atoms with van der Waals surface area (Å²) >= 11 is 5.23. The third kappa shape index (κ3) is 3.17. The fourth-order valence-electron chi connectivity index (χ4n) is 1.76. The van der Waals surface area contributed by atoms with Gasteiger partial charge in [0.2, 0.25) is 0 Å². The summed E-state index contributed by atoms with van der Waals surface area (Å²) in [5, 5.41) is 3.32. The van der Waals surface area contributed by atoms with Crippen molar-refractivity contribution >= 4 is 17.2 Å². The molecule has 2 heteroatoms. The minimum Gasteiger partial charge on any atom is -0.353 e. The van der Waals surface area contributed by atoms with Gasteiger partial charge in [0.05, 0.1) is 4.99 Å². The van der Waals surface area contributed by atoms with Crippen LogP contribution in [0.3, 0.4) is 0 Å². The molecule has 1 N–H and O–H groups in total. The number of nitrogens with one attached hydrogen (secondary N) is 1. The number of allylic oxidation sites excluding steroid dienone is 2. The minimum absolute atomic E-state index is 0.959. The van der Waals surface area contributed by atoms with Gasteiger partial charge >= 0.3 is 0 Å². The molecule has 1 heterocycles. The van der Waals surface area contributed by atoms with E-state index in [0.717, 1.165) is 24.3 Å². The molecule has 1 aliphatic rings. The molecule has 0 radical (unpaired) electrons. The van der Waals surface area contributed by atoms with Crippen molar-refractivity contribution in [2.75, 3.05) is 0 Å². The maximum Gasteiger partial charge on any atom is 0.0794 e. The Morgan fingerprint density at radius 2 is 2.00 bits per heavy atom. The van der Waals surface area contributed by atoms with E-state index in [1.165, 1.54) is 17.7 Å². The quantitative estimate of drug-likeness (QED) is 0.763. The molecule has 1 aromatic carbocycles. The van der Waals surface area contributed by atoms with Gasteiger partial charge in [0.25, 0.3) is 0 Å². The Balaban J connectivity index is 2.05. The Labute approximate surface area is 96.2 Å². The molecule has 0 unspecified atom stereocenters. The first-order valence-corrected chi connectivity index (χ1v) is 5.78. The van der Waals surface area contributed by atoms with Gasteiger partial charge in [-0.15, -0.1) is 0 Å². The Bertz CT molecular complexity index is 367. The molecule has 0 atom stereocenters. The molecule has 0 amide bonds. The highest BCUT2D eigenvalue weighted by Crippen LogP contribution is 2.12. The van der Waals surface area contributed by atoms with Crippen LogP contribution in [0.4, 0.5) is 0 Å². The lowest BCUT2D eigenvalue weighted by atomic mass is 10.1. The maximum absolute atomic E-state index is 5.23. The second-order valence-electron chi connectivity index (χ2n) is 3.83. The van der Waals surface area contributed by atoms with E-state index >= 15 is 0 Å². The molecular weight excluding hydrogens is 202 g/mol. The first-order valence-electron chi connectivity index (χ1n) is 5.37. The van der Waals surface area contributed by atoms with Gasteiger partial charge in [-0.05, 0) is 24.8 Å². The summed E-state index contributed by atoms with van der Waals surface area (Å²) in [7, 11) is 0. The lowest BCUT2D eigenvalue weighted by Gasteiger charge is -2.09. The summed E-state index contributed by atoms with van der Waals surface area (Å²) < 4.78 is 0. The highest BCUT2D eigenvalue weighted by Gasteiger charge is 2.06. The van der Waals surface area contributed by atoms with Gasteiger partial charge in [-0.1, -0.05) is 48.6 Å². The topological polar surface area (TPSA) is 12.0 Å². The normalized spacial score (nSPS) is 16.5. The van der Waals surface area contributed by atoms with Crippen molar-refractivity contribution in [2.45, 2.75) is 25.7 Å². The van der Waals surface area contributed by atoms with Gasteiger partial charge < -0.3 is 5.32 Å². The predicted octanol–water partition coefficient (Wildman–Crippen LogP) is 3.21. The molecule has 15 heavy (non-hydrogen) atoms. The van der Waals surface area contributed by atoms with Crippen molar-refractivity contribution in [2.24, 2.45) is 0 Å². The van der Waals surface area contributed by atoms with Gasteiger partial charge in [0.15, 0.2) is 0 Å². The first-order chi connectivity index (χ1) is 7.34. The molecule has 0 bridgehead atoms. The largest absolute Gasteiger partial charge is 0.353 e. The highest BCUT2D eigenvalue weighted by molar-refractivity contribution is 7.80. The number of thiocarbonyl (C=S) groups is 1. The van der Waals surface area contributed by atoms with Crippen molar-refractivity contribution in [3.8, 4) is 0 Å². The second-order valence-corrected chi connectivity index (χ2v) is 4.32. The van der Waals surface area contributed by atoms with Crippen LogP contribution in [-0.4, -0.2) is 4.99 Å². The molecule has 1 aromatic rings. The van der Waals surface area contributed by atoms with Gasteiger partial charge in [-0.3, -0.25) is 0 Å². The second kappa shape index (κ2) is 5.08. The van der Waals surface area contributed by atoms with Crippen molar-refractivity contribution in [3.05, 3.63) is 47.7 Å². The van der Waals surface area contributed by atoms with Crippen LogP contribution in [0.15, 0.2) is 42.1 Å². The van der Waals surface area contributed by atoms with Crippen LogP contribution in [0, 0.1) is 0 Å². The minimum atomic E-state index is 0.959. The third-order valence-electron chi connectivity index (χ3n) is 2.54. The van der Waals surface area contributed by atoms with Crippen molar-refractivity contribution in [3.63, 3.8) is 0 Å². The molecule has 0 saturated heterocycles. The van der Waals surface area contributed by atoms with Crippen LogP contribution in [0.5, 0.6) is 0 Å². The summed E-state index contributed by atoms with van der Waals surface area (Å²) in [6.07, 6.45) is 6.55. The van der Waals surface area contributed by atoms with E-state index in [-0.39, 0.29) is 0 Å². The zero-order valence-corrected chi connectivity index (χ0v) is 9.52. The molecule has 0 saturated carbocycles. The Morgan fingerprint density at radius 1 is 1.20 bits per heavy atom. The lowest BCUT2D eigenvalue weighted by molar-refractivity contribution is 0.904. The average molecular weight is 217 g/mol. The SMILES string of the molecule is S=C1CCCC=C(Cc2ccccc2)N1. The van der Waals surface area contributed by atoms with Crippen LogP contribution < -0.4 is 5.32 Å². The summed E-state index contributed by atoms with van der Waals surface area (Å²) in [6, 6.07) is 10.5. The van der Waals surface area contributed by atoms with Gasteiger partial charge in [-0.2, -0.15) is 0 Å². The molecule has 2 rings (SSSR count). The predicted molar refractivity (Wildman–Crippen MR) is 67.8 cm³/mol. The van der Waals surface area contributed by atoms with Gasteiger partial charge in [0.1, 0.15) is 0 Å². The van der Waals surface area contributed by atoms with Crippen LogP contribution in [0.2, 0.25) is 0 Å². The number of hydrogen-bond donors (Lipinski definition) is 1. The summed E-state index contributed by atoms with van der Waals surface area (Å²) in [5.74, 6) is 0. The zero-order chi connectivity index (χ0) is 10.5.